The second kappa shape index (κ2) is 14.5. The number of halogens is 1. The van der Waals surface area contributed by atoms with Crippen LogP contribution in [0.15, 0.2) is 77.2 Å². The number of amides is 1. The molecule has 0 atom stereocenters. The van der Waals surface area contributed by atoms with E-state index < -0.39 is 0 Å². The van der Waals surface area contributed by atoms with Crippen LogP contribution in [0, 0.1) is 5.82 Å². The average molecular weight is 640 g/mol. The van der Waals surface area contributed by atoms with Gasteiger partial charge in [-0.05, 0) is 80.6 Å². The Bertz CT molecular complexity index is 1700. The molecule has 9 nitrogen and oxygen atoms in total. The molecule has 3 heterocycles. The van der Waals surface area contributed by atoms with Gasteiger partial charge in [0.1, 0.15) is 11.4 Å². The average Bonchev–Trinajstić information content (AvgIpc) is 3.53. The van der Waals surface area contributed by atoms with Crippen molar-refractivity contribution in [3.8, 4) is 0 Å². The van der Waals surface area contributed by atoms with Crippen molar-refractivity contribution in [3.05, 3.63) is 95.5 Å². The molecule has 0 radical (unpaired) electrons. The number of ketones is 2. The number of piperazine rings is 2. The molecular weight excluding hydrogens is 597 g/mol. The van der Waals surface area contributed by atoms with Crippen molar-refractivity contribution >= 4 is 39.8 Å². The first-order valence-electron chi connectivity index (χ1n) is 16.5. The van der Waals surface area contributed by atoms with Crippen molar-refractivity contribution in [3.63, 3.8) is 0 Å². The van der Waals surface area contributed by atoms with Gasteiger partial charge in [0.25, 0.3) is 0 Å². The predicted molar refractivity (Wildman–Crippen MR) is 182 cm³/mol. The normalized spacial score (nSPS) is 16.1. The molecule has 0 N–H and O–H groups in total. The first-order chi connectivity index (χ1) is 22.8. The summed E-state index contributed by atoms with van der Waals surface area (Å²) >= 11 is 0. The van der Waals surface area contributed by atoms with Gasteiger partial charge in [0, 0.05) is 99.4 Å². The molecule has 2 saturated heterocycles. The van der Waals surface area contributed by atoms with Crippen molar-refractivity contribution in [2.45, 2.75) is 13.8 Å². The summed E-state index contributed by atoms with van der Waals surface area (Å²) in [6.45, 7) is 12.3. The highest BCUT2D eigenvalue weighted by atomic mass is 19.1. The SMILES string of the molecule is CCN(CC)c1ccc2cc(C(=O)c3ccc(N4CCN(C(=O)CN5CCN(CC(=O)c6ccc(F)cc6)CC5)CC4)cc3)oc2c1. The van der Waals surface area contributed by atoms with E-state index >= 15 is 0 Å². The Labute approximate surface area is 275 Å². The summed E-state index contributed by atoms with van der Waals surface area (Å²) in [6.07, 6.45) is 0. The van der Waals surface area contributed by atoms with E-state index in [4.69, 9.17) is 4.42 Å². The lowest BCUT2D eigenvalue weighted by Gasteiger charge is -2.38. The molecule has 1 amide bonds. The number of carbonyl (C=O) groups excluding carboxylic acids is 3. The van der Waals surface area contributed by atoms with Crippen LogP contribution in [0.4, 0.5) is 15.8 Å². The van der Waals surface area contributed by atoms with E-state index in [1.54, 1.807) is 0 Å². The number of hydrogen-bond donors (Lipinski definition) is 0. The van der Waals surface area contributed by atoms with Crippen LogP contribution in [-0.2, 0) is 4.79 Å². The summed E-state index contributed by atoms with van der Waals surface area (Å²) in [5.41, 5.74) is 3.90. The van der Waals surface area contributed by atoms with Gasteiger partial charge in [0.15, 0.2) is 11.5 Å². The van der Waals surface area contributed by atoms with Crippen molar-refractivity contribution in [1.29, 1.82) is 0 Å². The van der Waals surface area contributed by atoms with Gasteiger partial charge in [-0.25, -0.2) is 4.39 Å². The minimum Gasteiger partial charge on any atom is -0.452 e. The fourth-order valence-corrected chi connectivity index (χ4v) is 6.42. The van der Waals surface area contributed by atoms with E-state index in [0.29, 0.717) is 61.7 Å². The first-order valence-corrected chi connectivity index (χ1v) is 16.5. The zero-order valence-corrected chi connectivity index (χ0v) is 27.2. The van der Waals surface area contributed by atoms with Crippen molar-refractivity contribution < 1.29 is 23.2 Å². The summed E-state index contributed by atoms with van der Waals surface area (Å²) in [5, 5.41) is 0.908. The smallest absolute Gasteiger partial charge is 0.236 e. The molecule has 0 bridgehead atoms. The fourth-order valence-electron chi connectivity index (χ4n) is 6.42. The minimum absolute atomic E-state index is 0.0237. The molecule has 3 aromatic carbocycles. The number of rotatable bonds is 11. The standard InChI is InChI=1S/C37H42FN5O4/c1-3-41(4-2)32-14-9-29-23-35(47-34(29)24-32)37(46)28-7-12-31(13-8-28)42-19-21-43(22-20-42)36(45)26-40-17-15-39(16-18-40)25-33(44)27-5-10-30(38)11-6-27/h5-14,23-24H,3-4,15-22,25-26H2,1-2H3. The van der Waals surface area contributed by atoms with Crippen LogP contribution in [0.3, 0.4) is 0 Å². The lowest BCUT2D eigenvalue weighted by molar-refractivity contribution is -0.133. The third-order valence-electron chi connectivity index (χ3n) is 9.34. The second-order valence-electron chi connectivity index (χ2n) is 12.2. The molecule has 10 heteroatoms. The van der Waals surface area contributed by atoms with Gasteiger partial charge in [0.05, 0.1) is 13.1 Å². The van der Waals surface area contributed by atoms with E-state index in [1.807, 2.05) is 47.4 Å². The van der Waals surface area contributed by atoms with Gasteiger partial charge >= 0.3 is 0 Å². The zero-order valence-electron chi connectivity index (χ0n) is 27.2. The van der Waals surface area contributed by atoms with E-state index in [2.05, 4.69) is 39.5 Å². The van der Waals surface area contributed by atoms with Gasteiger partial charge in [0.2, 0.25) is 11.7 Å². The van der Waals surface area contributed by atoms with Crippen LogP contribution in [0.25, 0.3) is 11.0 Å². The van der Waals surface area contributed by atoms with E-state index in [1.165, 1.54) is 24.3 Å². The Morgan fingerprint density at radius 3 is 1.98 bits per heavy atom. The summed E-state index contributed by atoms with van der Waals surface area (Å²) in [4.78, 5) is 49.5. The third kappa shape index (κ3) is 7.55. The maximum atomic E-state index is 13.3. The summed E-state index contributed by atoms with van der Waals surface area (Å²) < 4.78 is 19.1. The number of carbonyl (C=O) groups is 3. The van der Waals surface area contributed by atoms with Crippen LogP contribution in [0.2, 0.25) is 0 Å². The monoisotopic (exact) mass is 639 g/mol. The summed E-state index contributed by atoms with van der Waals surface area (Å²) in [5.74, 6) is -0.0708. The van der Waals surface area contributed by atoms with Crippen LogP contribution < -0.4 is 9.80 Å². The molecule has 0 saturated carbocycles. The second-order valence-corrected chi connectivity index (χ2v) is 12.2. The molecule has 6 rings (SSSR count). The van der Waals surface area contributed by atoms with Crippen molar-refractivity contribution in [1.82, 2.24) is 14.7 Å². The summed E-state index contributed by atoms with van der Waals surface area (Å²) in [6, 6.07) is 21.1. The molecule has 2 aliphatic rings. The molecule has 1 aromatic heterocycles. The number of Topliss-reactive ketones (excluding diaryl/α,β-unsaturated/α-hetero) is 1. The number of anilines is 2. The highest BCUT2D eigenvalue weighted by Crippen LogP contribution is 2.27. The minimum atomic E-state index is -0.353. The van der Waals surface area contributed by atoms with Gasteiger partial charge in [-0.3, -0.25) is 24.2 Å². The molecule has 0 unspecified atom stereocenters. The molecule has 246 valence electrons. The quantitative estimate of drug-likeness (QED) is 0.217. The Kier molecular flexibility index (Phi) is 9.98. The Morgan fingerprint density at radius 2 is 1.34 bits per heavy atom. The Morgan fingerprint density at radius 1 is 0.723 bits per heavy atom. The van der Waals surface area contributed by atoms with Gasteiger partial charge in [-0.1, -0.05) is 0 Å². The maximum Gasteiger partial charge on any atom is 0.236 e. The Hall–Kier alpha value is -4.54. The third-order valence-corrected chi connectivity index (χ3v) is 9.34. The van der Waals surface area contributed by atoms with Crippen molar-refractivity contribution in [2.75, 3.05) is 88.3 Å². The molecule has 0 spiro atoms. The largest absolute Gasteiger partial charge is 0.452 e. The predicted octanol–water partition coefficient (Wildman–Crippen LogP) is 4.80. The van der Waals surface area contributed by atoms with Crippen LogP contribution in [0.1, 0.15) is 40.3 Å². The molecule has 0 aliphatic carbocycles. The molecule has 2 aliphatic heterocycles. The van der Waals surface area contributed by atoms with Crippen LogP contribution >= 0.6 is 0 Å². The molecule has 2 fully saturated rings. The lowest BCUT2D eigenvalue weighted by atomic mass is 10.1. The van der Waals surface area contributed by atoms with Gasteiger partial charge in [-0.15, -0.1) is 0 Å². The topological polar surface area (TPSA) is 80.6 Å². The first kappa shape index (κ1) is 32.4. The van der Waals surface area contributed by atoms with Crippen LogP contribution in [-0.4, -0.2) is 111 Å². The van der Waals surface area contributed by atoms with E-state index in [0.717, 1.165) is 56.0 Å². The highest BCUT2D eigenvalue weighted by Gasteiger charge is 2.26. The van der Waals surface area contributed by atoms with E-state index in [-0.39, 0.29) is 23.3 Å². The molecular formula is C37H42FN5O4. The number of benzene rings is 3. The number of fused-ring (bicyclic) bond motifs is 1. The van der Waals surface area contributed by atoms with Crippen LogP contribution in [0.5, 0.6) is 0 Å². The van der Waals surface area contributed by atoms with Gasteiger partial charge in [-0.2, -0.15) is 0 Å². The number of hydrogen-bond acceptors (Lipinski definition) is 8. The van der Waals surface area contributed by atoms with Crippen molar-refractivity contribution in [2.24, 2.45) is 0 Å². The molecule has 4 aromatic rings. The van der Waals surface area contributed by atoms with E-state index in [9.17, 15) is 18.8 Å². The number of nitrogens with zero attached hydrogens (tertiary/aromatic N) is 5. The Balaban J connectivity index is 0.958. The number of furan rings is 1. The lowest BCUT2D eigenvalue weighted by Crippen LogP contribution is -2.54. The fraction of sp³-hybridized carbons (Fsp3) is 0.378. The zero-order chi connectivity index (χ0) is 32.9. The summed E-state index contributed by atoms with van der Waals surface area (Å²) in [7, 11) is 0. The van der Waals surface area contributed by atoms with Gasteiger partial charge < -0.3 is 19.1 Å². The maximum absolute atomic E-state index is 13.3. The molecule has 47 heavy (non-hydrogen) atoms. The highest BCUT2D eigenvalue weighted by molar-refractivity contribution is 6.09.